The van der Waals surface area contributed by atoms with Crippen LogP contribution in [0, 0.1) is 0 Å². The molecule has 0 aliphatic heterocycles. The Morgan fingerprint density at radius 3 is 2.50 bits per heavy atom. The molecule has 76 valence electrons. The molecule has 0 fully saturated rings. The number of rotatable bonds is 4. The van der Waals surface area contributed by atoms with E-state index >= 15 is 0 Å². The molecule has 4 heteroatoms. The van der Waals surface area contributed by atoms with E-state index in [-0.39, 0.29) is 11.8 Å². The summed E-state index contributed by atoms with van der Waals surface area (Å²) < 4.78 is 1.01. The zero-order chi connectivity index (χ0) is 10.6. The summed E-state index contributed by atoms with van der Waals surface area (Å²) >= 11 is 9.18. The van der Waals surface area contributed by atoms with Crippen LogP contribution in [0.1, 0.15) is 12.0 Å². The minimum Gasteiger partial charge on any atom is -0.481 e. The molecular weight excluding hydrogens is 267 g/mol. The molecule has 0 bridgehead atoms. The lowest BCUT2D eigenvalue weighted by molar-refractivity contribution is -0.137. The normalized spacial score (nSPS) is 12.4. The zero-order valence-electron chi connectivity index (χ0n) is 7.41. The summed E-state index contributed by atoms with van der Waals surface area (Å²) in [6, 6.07) is 7.70. The monoisotopic (exact) mass is 276 g/mol. The summed E-state index contributed by atoms with van der Waals surface area (Å²) in [5, 5.41) is 8.17. The van der Waals surface area contributed by atoms with E-state index < -0.39 is 5.97 Å². The van der Waals surface area contributed by atoms with Gasteiger partial charge < -0.3 is 5.11 Å². The van der Waals surface area contributed by atoms with E-state index in [0.29, 0.717) is 6.42 Å². The van der Waals surface area contributed by atoms with Gasteiger partial charge in [0.2, 0.25) is 0 Å². The number of carbonyl (C=O) groups is 1. The number of halogens is 2. The number of alkyl halides is 1. The SMILES string of the molecule is O=C(O)CC(Cl)Cc1ccc(Br)cc1. The topological polar surface area (TPSA) is 37.3 Å². The van der Waals surface area contributed by atoms with Gasteiger partial charge in [-0.1, -0.05) is 28.1 Å². The van der Waals surface area contributed by atoms with Crippen molar-refractivity contribution in [1.29, 1.82) is 0 Å². The van der Waals surface area contributed by atoms with Gasteiger partial charge in [0.15, 0.2) is 0 Å². The summed E-state index contributed by atoms with van der Waals surface area (Å²) in [6.07, 6.45) is 0.582. The summed E-state index contributed by atoms with van der Waals surface area (Å²) in [4.78, 5) is 10.4. The summed E-state index contributed by atoms with van der Waals surface area (Å²) in [5.41, 5.74) is 1.05. The highest BCUT2D eigenvalue weighted by atomic mass is 79.9. The largest absolute Gasteiger partial charge is 0.481 e. The second kappa shape index (κ2) is 5.37. The van der Waals surface area contributed by atoms with Crippen LogP contribution >= 0.6 is 27.5 Å². The maximum Gasteiger partial charge on any atom is 0.304 e. The van der Waals surface area contributed by atoms with Crippen LogP contribution in [0.2, 0.25) is 0 Å². The maximum absolute atomic E-state index is 10.4. The number of benzene rings is 1. The second-order valence-electron chi connectivity index (χ2n) is 3.03. The van der Waals surface area contributed by atoms with Gasteiger partial charge in [0.05, 0.1) is 6.42 Å². The van der Waals surface area contributed by atoms with Crippen molar-refractivity contribution in [1.82, 2.24) is 0 Å². The molecule has 1 unspecified atom stereocenters. The fourth-order valence-corrected chi connectivity index (χ4v) is 1.71. The molecule has 1 aromatic carbocycles. The van der Waals surface area contributed by atoms with Crippen molar-refractivity contribution in [2.45, 2.75) is 18.2 Å². The third kappa shape index (κ3) is 4.11. The molecule has 1 N–H and O–H groups in total. The van der Waals surface area contributed by atoms with Crippen LogP contribution in [0.25, 0.3) is 0 Å². The molecule has 0 aromatic heterocycles. The minimum atomic E-state index is -0.859. The Kier molecular flexibility index (Phi) is 4.42. The van der Waals surface area contributed by atoms with Crippen LogP contribution in [-0.4, -0.2) is 16.5 Å². The number of carboxylic acid groups (broad SMARTS) is 1. The molecule has 1 aromatic rings. The Labute approximate surface area is 96.0 Å². The molecular formula is C10H10BrClO2. The quantitative estimate of drug-likeness (QED) is 0.859. The summed E-state index contributed by atoms with van der Waals surface area (Å²) in [6.45, 7) is 0. The van der Waals surface area contributed by atoms with Crippen LogP contribution < -0.4 is 0 Å². The molecule has 0 saturated heterocycles. The van der Waals surface area contributed by atoms with E-state index in [1.54, 1.807) is 0 Å². The van der Waals surface area contributed by atoms with Crippen molar-refractivity contribution in [3.8, 4) is 0 Å². The van der Waals surface area contributed by atoms with E-state index in [4.69, 9.17) is 16.7 Å². The van der Waals surface area contributed by atoms with Gasteiger partial charge in [0, 0.05) is 9.85 Å². The van der Waals surface area contributed by atoms with Crippen molar-refractivity contribution >= 4 is 33.5 Å². The average Bonchev–Trinajstić information content (AvgIpc) is 2.07. The summed E-state index contributed by atoms with van der Waals surface area (Å²) in [5.74, 6) is -0.859. The van der Waals surface area contributed by atoms with Crippen LogP contribution in [0.3, 0.4) is 0 Å². The van der Waals surface area contributed by atoms with Gasteiger partial charge in [0.25, 0.3) is 0 Å². The first-order valence-electron chi connectivity index (χ1n) is 4.18. The molecule has 0 spiro atoms. The predicted octanol–water partition coefficient (Wildman–Crippen LogP) is 3.07. The molecule has 2 nitrogen and oxygen atoms in total. The molecule has 1 rings (SSSR count). The highest BCUT2D eigenvalue weighted by Crippen LogP contribution is 2.15. The van der Waals surface area contributed by atoms with E-state index in [1.807, 2.05) is 24.3 Å². The van der Waals surface area contributed by atoms with Crippen molar-refractivity contribution in [2.24, 2.45) is 0 Å². The predicted molar refractivity (Wildman–Crippen MR) is 59.7 cm³/mol. The molecule has 0 aliphatic rings. The van der Waals surface area contributed by atoms with Crippen LogP contribution in [-0.2, 0) is 11.2 Å². The van der Waals surface area contributed by atoms with Crippen LogP contribution in [0.4, 0.5) is 0 Å². The first kappa shape index (κ1) is 11.5. The highest BCUT2D eigenvalue weighted by molar-refractivity contribution is 9.10. The first-order chi connectivity index (χ1) is 6.58. The van der Waals surface area contributed by atoms with Crippen molar-refractivity contribution < 1.29 is 9.90 Å². The fourth-order valence-electron chi connectivity index (χ4n) is 1.14. The Morgan fingerprint density at radius 2 is 2.00 bits per heavy atom. The summed E-state index contributed by atoms with van der Waals surface area (Å²) in [7, 11) is 0. The van der Waals surface area contributed by atoms with Gasteiger partial charge in [0.1, 0.15) is 0 Å². The van der Waals surface area contributed by atoms with Crippen molar-refractivity contribution in [3.63, 3.8) is 0 Å². The van der Waals surface area contributed by atoms with Crippen LogP contribution in [0.5, 0.6) is 0 Å². The van der Waals surface area contributed by atoms with E-state index in [1.165, 1.54) is 0 Å². The number of aliphatic carboxylic acids is 1. The van der Waals surface area contributed by atoms with E-state index in [9.17, 15) is 4.79 Å². The number of hydrogen-bond donors (Lipinski definition) is 1. The fraction of sp³-hybridized carbons (Fsp3) is 0.300. The Hall–Kier alpha value is -0.540. The minimum absolute atomic E-state index is 0.00236. The lowest BCUT2D eigenvalue weighted by atomic mass is 10.1. The van der Waals surface area contributed by atoms with Crippen molar-refractivity contribution in [2.75, 3.05) is 0 Å². The molecule has 0 radical (unpaired) electrons. The van der Waals surface area contributed by atoms with Gasteiger partial charge in [-0.25, -0.2) is 0 Å². The molecule has 0 saturated carbocycles. The lowest BCUT2D eigenvalue weighted by Crippen LogP contribution is -2.09. The van der Waals surface area contributed by atoms with Crippen LogP contribution in [0.15, 0.2) is 28.7 Å². The first-order valence-corrected chi connectivity index (χ1v) is 5.41. The molecule has 0 aliphatic carbocycles. The highest BCUT2D eigenvalue weighted by Gasteiger charge is 2.10. The van der Waals surface area contributed by atoms with Gasteiger partial charge in [-0.3, -0.25) is 4.79 Å². The second-order valence-corrected chi connectivity index (χ2v) is 4.56. The third-order valence-electron chi connectivity index (χ3n) is 1.77. The Bertz CT molecular complexity index is 310. The van der Waals surface area contributed by atoms with E-state index in [0.717, 1.165) is 10.0 Å². The third-order valence-corrected chi connectivity index (χ3v) is 2.60. The van der Waals surface area contributed by atoms with Gasteiger partial charge in [-0.2, -0.15) is 0 Å². The Morgan fingerprint density at radius 1 is 1.43 bits per heavy atom. The smallest absolute Gasteiger partial charge is 0.304 e. The Balaban J connectivity index is 2.51. The van der Waals surface area contributed by atoms with E-state index in [2.05, 4.69) is 15.9 Å². The molecule has 1 atom stereocenters. The van der Waals surface area contributed by atoms with Crippen molar-refractivity contribution in [3.05, 3.63) is 34.3 Å². The van der Waals surface area contributed by atoms with Gasteiger partial charge >= 0.3 is 5.97 Å². The molecule has 0 amide bonds. The zero-order valence-corrected chi connectivity index (χ0v) is 9.75. The number of carboxylic acids is 1. The maximum atomic E-state index is 10.4. The van der Waals surface area contributed by atoms with Gasteiger partial charge in [-0.15, -0.1) is 11.6 Å². The number of hydrogen-bond acceptors (Lipinski definition) is 1. The van der Waals surface area contributed by atoms with Gasteiger partial charge in [-0.05, 0) is 24.1 Å². The molecule has 14 heavy (non-hydrogen) atoms. The molecule has 0 heterocycles. The standard InChI is InChI=1S/C10H10BrClO2/c11-8-3-1-7(2-4-8)5-9(12)6-10(13)14/h1-4,9H,5-6H2,(H,13,14). The average molecular weight is 278 g/mol. The lowest BCUT2D eigenvalue weighted by Gasteiger charge is -2.06.